The van der Waals surface area contributed by atoms with E-state index in [2.05, 4.69) is 197 Å². The van der Waals surface area contributed by atoms with Crippen molar-refractivity contribution in [3.05, 3.63) is 174 Å². The summed E-state index contributed by atoms with van der Waals surface area (Å²) in [5.41, 5.74) is 16.5. The molecule has 0 fully saturated rings. The van der Waals surface area contributed by atoms with Crippen LogP contribution in [0.2, 0.25) is 0 Å². The molecule has 0 aliphatic heterocycles. The van der Waals surface area contributed by atoms with Gasteiger partial charge in [-0.25, -0.2) is 0 Å². The van der Waals surface area contributed by atoms with Crippen molar-refractivity contribution in [2.24, 2.45) is 0 Å². The predicted octanol–water partition coefficient (Wildman–Crippen LogP) is 14.0. The average Bonchev–Trinajstić information content (AvgIpc) is 3.63. The highest BCUT2D eigenvalue weighted by molar-refractivity contribution is 6.15. The zero-order valence-corrected chi connectivity index (χ0v) is 29.9. The van der Waals surface area contributed by atoms with Gasteiger partial charge in [-0.2, -0.15) is 0 Å². The summed E-state index contributed by atoms with van der Waals surface area (Å²) in [5.74, 6) is 0. The lowest BCUT2D eigenvalue weighted by Gasteiger charge is -2.27. The van der Waals surface area contributed by atoms with E-state index in [1.165, 1.54) is 50.1 Å². The van der Waals surface area contributed by atoms with Crippen LogP contribution in [0.5, 0.6) is 0 Å². The first-order valence-corrected chi connectivity index (χ1v) is 17.9. The lowest BCUT2D eigenvalue weighted by molar-refractivity contribution is 0.590. The van der Waals surface area contributed by atoms with Gasteiger partial charge in [-0.15, -0.1) is 0 Å². The van der Waals surface area contributed by atoms with Crippen molar-refractivity contribution in [3.8, 4) is 33.4 Å². The van der Waals surface area contributed by atoms with E-state index in [1.54, 1.807) is 0 Å². The van der Waals surface area contributed by atoms with Gasteiger partial charge in [0.1, 0.15) is 11.2 Å². The molecule has 2 nitrogen and oxygen atoms in total. The molecule has 0 saturated carbocycles. The molecule has 0 bridgehead atoms. The lowest BCUT2D eigenvalue weighted by Crippen LogP contribution is -2.14. The summed E-state index contributed by atoms with van der Waals surface area (Å²) in [6.45, 7) is 11.4. The molecule has 1 aliphatic carbocycles. The van der Waals surface area contributed by atoms with Crippen molar-refractivity contribution in [1.29, 1.82) is 0 Å². The van der Waals surface area contributed by atoms with Crippen molar-refractivity contribution in [2.45, 2.75) is 45.4 Å². The fourth-order valence-corrected chi connectivity index (χ4v) is 8.01. The molecule has 9 rings (SSSR count). The summed E-state index contributed by atoms with van der Waals surface area (Å²) in [4.78, 5) is 2.38. The number of anilines is 3. The van der Waals surface area contributed by atoms with E-state index in [-0.39, 0.29) is 10.8 Å². The molecule has 0 spiro atoms. The number of rotatable bonds is 5. The van der Waals surface area contributed by atoms with E-state index in [1.807, 2.05) is 0 Å². The van der Waals surface area contributed by atoms with Crippen LogP contribution in [0, 0.1) is 0 Å². The van der Waals surface area contributed by atoms with Crippen LogP contribution in [-0.4, -0.2) is 0 Å². The molecule has 51 heavy (non-hydrogen) atoms. The Labute approximate surface area is 300 Å². The van der Waals surface area contributed by atoms with Gasteiger partial charge in [0.2, 0.25) is 0 Å². The van der Waals surface area contributed by atoms with Crippen LogP contribution in [0.4, 0.5) is 17.1 Å². The van der Waals surface area contributed by atoms with Crippen molar-refractivity contribution in [1.82, 2.24) is 0 Å². The predicted molar refractivity (Wildman–Crippen MR) is 216 cm³/mol. The molecule has 7 aromatic carbocycles. The highest BCUT2D eigenvalue weighted by atomic mass is 16.3. The zero-order valence-electron chi connectivity index (χ0n) is 29.9. The molecule has 0 N–H and O–H groups in total. The van der Waals surface area contributed by atoms with Gasteiger partial charge in [0.25, 0.3) is 0 Å². The third-order valence-electron chi connectivity index (χ3n) is 10.9. The molecule has 1 heterocycles. The second-order valence-corrected chi connectivity index (χ2v) is 15.4. The summed E-state index contributed by atoms with van der Waals surface area (Å²) in [6.07, 6.45) is 0. The quantitative estimate of drug-likeness (QED) is 0.183. The molecule has 1 aliphatic rings. The number of hydrogen-bond acceptors (Lipinski definition) is 2. The van der Waals surface area contributed by atoms with Gasteiger partial charge in [0.15, 0.2) is 0 Å². The van der Waals surface area contributed by atoms with E-state index in [4.69, 9.17) is 4.42 Å². The van der Waals surface area contributed by atoms with Gasteiger partial charge in [0, 0.05) is 22.2 Å². The second kappa shape index (κ2) is 11.6. The average molecular weight is 660 g/mol. The monoisotopic (exact) mass is 659 g/mol. The van der Waals surface area contributed by atoms with Crippen molar-refractivity contribution >= 4 is 39.0 Å². The Morgan fingerprint density at radius 1 is 0.490 bits per heavy atom. The largest absolute Gasteiger partial charge is 0.456 e. The first kappa shape index (κ1) is 31.1. The number of hydrogen-bond donors (Lipinski definition) is 0. The minimum atomic E-state index is -0.0940. The Balaban J connectivity index is 1.21. The fourth-order valence-electron chi connectivity index (χ4n) is 8.01. The highest BCUT2D eigenvalue weighted by Crippen LogP contribution is 2.52. The smallest absolute Gasteiger partial charge is 0.137 e. The maximum Gasteiger partial charge on any atom is 0.137 e. The molecule has 0 saturated heterocycles. The van der Waals surface area contributed by atoms with Crippen LogP contribution in [0.25, 0.3) is 55.3 Å². The van der Waals surface area contributed by atoms with E-state index in [9.17, 15) is 0 Å². The minimum Gasteiger partial charge on any atom is -0.456 e. The Bertz CT molecular complexity index is 2550. The topological polar surface area (TPSA) is 16.4 Å². The Morgan fingerprint density at radius 2 is 1.06 bits per heavy atom. The fraction of sp³-hybridized carbons (Fsp3) is 0.143. The van der Waals surface area contributed by atoms with Gasteiger partial charge in [-0.1, -0.05) is 144 Å². The second-order valence-electron chi connectivity index (χ2n) is 15.4. The van der Waals surface area contributed by atoms with E-state index >= 15 is 0 Å². The number of nitrogens with zero attached hydrogens (tertiary/aromatic N) is 1. The molecule has 0 atom stereocenters. The highest BCUT2D eigenvalue weighted by Gasteiger charge is 2.36. The summed E-state index contributed by atoms with van der Waals surface area (Å²) in [6, 6.07) is 57.4. The van der Waals surface area contributed by atoms with Crippen LogP contribution in [0.3, 0.4) is 0 Å². The standard InChI is InChI=1S/C49H41NO/c1-48(2,3)36-24-18-33(19-25-36)35-22-28-38(29-23-35)50(37-26-20-34(21-27-37)32-12-7-6-8-13-32)44-16-11-17-45-47(44)41-30-40-39-14-9-10-15-42(39)49(4,5)43(40)31-46(41)51-45/h6-31H,1-5H3. The van der Waals surface area contributed by atoms with Gasteiger partial charge in [-0.05, 0) is 104 Å². The summed E-state index contributed by atoms with van der Waals surface area (Å²) in [7, 11) is 0. The molecule has 2 heteroatoms. The maximum atomic E-state index is 6.69. The Morgan fingerprint density at radius 3 is 1.69 bits per heavy atom. The van der Waals surface area contributed by atoms with Crippen LogP contribution in [0.15, 0.2) is 162 Å². The molecule has 0 radical (unpaired) electrons. The molecule has 8 aromatic rings. The van der Waals surface area contributed by atoms with Gasteiger partial charge in [0.05, 0.1) is 11.1 Å². The lowest BCUT2D eigenvalue weighted by atomic mass is 9.82. The summed E-state index contributed by atoms with van der Waals surface area (Å²) < 4.78 is 6.69. The van der Waals surface area contributed by atoms with E-state index < -0.39 is 0 Å². The van der Waals surface area contributed by atoms with Crippen LogP contribution >= 0.6 is 0 Å². The number of furan rings is 1. The zero-order chi connectivity index (χ0) is 34.9. The third kappa shape index (κ3) is 5.17. The first-order chi connectivity index (χ1) is 24.7. The number of benzene rings is 7. The van der Waals surface area contributed by atoms with Gasteiger partial charge < -0.3 is 9.32 Å². The van der Waals surface area contributed by atoms with Gasteiger partial charge >= 0.3 is 0 Å². The Hall–Kier alpha value is -5.86. The minimum absolute atomic E-state index is 0.0940. The normalized spacial score (nSPS) is 13.4. The van der Waals surface area contributed by atoms with Crippen molar-refractivity contribution < 1.29 is 4.42 Å². The van der Waals surface area contributed by atoms with Crippen LogP contribution < -0.4 is 4.90 Å². The molecule has 0 unspecified atom stereocenters. The SMILES string of the molecule is CC(C)(C)c1ccc(-c2ccc(N(c3ccc(-c4ccccc4)cc3)c3cccc4oc5cc6c(cc5c34)-c3ccccc3C6(C)C)cc2)cc1. The van der Waals surface area contributed by atoms with Crippen molar-refractivity contribution in [3.63, 3.8) is 0 Å². The Kier molecular flexibility index (Phi) is 7.09. The van der Waals surface area contributed by atoms with Crippen LogP contribution in [-0.2, 0) is 10.8 Å². The van der Waals surface area contributed by atoms with Crippen molar-refractivity contribution in [2.75, 3.05) is 4.90 Å². The molecule has 248 valence electrons. The molecular formula is C49H41NO. The number of fused-ring (bicyclic) bond motifs is 6. The van der Waals surface area contributed by atoms with E-state index in [0.29, 0.717) is 0 Å². The third-order valence-corrected chi connectivity index (χ3v) is 10.9. The van der Waals surface area contributed by atoms with E-state index in [0.717, 1.165) is 39.0 Å². The summed E-state index contributed by atoms with van der Waals surface area (Å²) >= 11 is 0. The summed E-state index contributed by atoms with van der Waals surface area (Å²) in [5, 5.41) is 2.25. The first-order valence-electron chi connectivity index (χ1n) is 17.9. The van der Waals surface area contributed by atoms with Gasteiger partial charge in [-0.3, -0.25) is 0 Å². The molecule has 1 aromatic heterocycles. The molecule has 0 amide bonds. The van der Waals surface area contributed by atoms with Crippen LogP contribution in [0.1, 0.15) is 51.3 Å². The molecular weight excluding hydrogens is 619 g/mol. The maximum absolute atomic E-state index is 6.69.